The number of hydrogen-bond acceptors (Lipinski definition) is 3. The number of ether oxygens (including phenoxy) is 1. The average molecular weight is 215 g/mol. The lowest BCUT2D eigenvalue weighted by atomic mass is 10.1. The molecule has 1 aliphatic rings. The lowest BCUT2D eigenvalue weighted by Gasteiger charge is -2.35. The minimum atomic E-state index is -0.926. The largest absolute Gasteiger partial charge is 0.481 e. The van der Waals surface area contributed by atoms with E-state index in [0.717, 1.165) is 6.42 Å². The van der Waals surface area contributed by atoms with Crippen LogP contribution in [-0.4, -0.2) is 47.7 Å². The summed E-state index contributed by atoms with van der Waals surface area (Å²) in [7, 11) is 0. The van der Waals surface area contributed by atoms with E-state index in [4.69, 9.17) is 9.84 Å². The highest BCUT2D eigenvalue weighted by atomic mass is 16.5. The van der Waals surface area contributed by atoms with Gasteiger partial charge in [-0.1, -0.05) is 6.92 Å². The molecule has 0 aromatic heterocycles. The van der Waals surface area contributed by atoms with Crippen molar-refractivity contribution in [3.8, 4) is 0 Å². The molecular formula is C10H17NO4. The Morgan fingerprint density at radius 2 is 2.20 bits per heavy atom. The number of morpholine rings is 1. The second-order valence-electron chi connectivity index (χ2n) is 3.62. The van der Waals surface area contributed by atoms with E-state index in [9.17, 15) is 9.59 Å². The van der Waals surface area contributed by atoms with E-state index in [1.807, 2.05) is 6.92 Å². The normalized spacial score (nSPS) is 21.4. The van der Waals surface area contributed by atoms with Crippen molar-refractivity contribution in [1.29, 1.82) is 0 Å². The molecule has 0 saturated carbocycles. The van der Waals surface area contributed by atoms with Crippen LogP contribution >= 0.6 is 0 Å². The minimum Gasteiger partial charge on any atom is -0.481 e. The van der Waals surface area contributed by atoms with Gasteiger partial charge in [-0.05, 0) is 6.42 Å². The predicted octanol–water partition coefficient (Wildman–Crippen LogP) is 0.489. The number of carbonyl (C=O) groups excluding carboxylic acids is 1. The van der Waals surface area contributed by atoms with E-state index < -0.39 is 5.97 Å². The number of hydrogen-bond donors (Lipinski definition) is 1. The van der Waals surface area contributed by atoms with Gasteiger partial charge in [0, 0.05) is 13.0 Å². The molecule has 1 saturated heterocycles. The number of rotatable bonds is 4. The zero-order chi connectivity index (χ0) is 11.3. The number of carboxylic acid groups (broad SMARTS) is 1. The van der Waals surface area contributed by atoms with Crippen LogP contribution < -0.4 is 0 Å². The maximum Gasteiger partial charge on any atom is 0.303 e. The summed E-state index contributed by atoms with van der Waals surface area (Å²) in [4.78, 5) is 23.8. The fourth-order valence-corrected chi connectivity index (χ4v) is 1.68. The van der Waals surface area contributed by atoms with Crippen molar-refractivity contribution >= 4 is 11.9 Å². The second-order valence-corrected chi connectivity index (χ2v) is 3.62. The summed E-state index contributed by atoms with van der Waals surface area (Å²) in [5.74, 6) is -1.00. The summed E-state index contributed by atoms with van der Waals surface area (Å²) in [6.45, 7) is 3.69. The highest BCUT2D eigenvalue weighted by molar-refractivity contribution is 5.81. The molecule has 5 heteroatoms. The smallest absolute Gasteiger partial charge is 0.303 e. The first-order valence-corrected chi connectivity index (χ1v) is 5.24. The molecule has 1 rings (SSSR count). The summed E-state index contributed by atoms with van der Waals surface area (Å²) in [6.07, 6.45) is 0.845. The predicted molar refractivity (Wildman–Crippen MR) is 53.5 cm³/mol. The molecule has 1 atom stereocenters. The van der Waals surface area contributed by atoms with Crippen LogP contribution in [0.4, 0.5) is 0 Å². The molecule has 0 aliphatic carbocycles. The van der Waals surface area contributed by atoms with Crippen LogP contribution in [0, 0.1) is 0 Å². The standard InChI is InChI=1S/C10H17NO4/c1-2-8-7-15-6-5-11(8)9(12)3-4-10(13)14/h8H,2-7H2,1H3,(H,13,14). The quantitative estimate of drug-likeness (QED) is 0.741. The molecule has 1 N–H and O–H groups in total. The fourth-order valence-electron chi connectivity index (χ4n) is 1.68. The van der Waals surface area contributed by atoms with Gasteiger partial charge in [-0.15, -0.1) is 0 Å². The van der Waals surface area contributed by atoms with Gasteiger partial charge >= 0.3 is 5.97 Å². The Morgan fingerprint density at radius 1 is 1.47 bits per heavy atom. The van der Waals surface area contributed by atoms with E-state index >= 15 is 0 Å². The molecule has 15 heavy (non-hydrogen) atoms. The third kappa shape index (κ3) is 3.51. The zero-order valence-electron chi connectivity index (χ0n) is 8.94. The van der Waals surface area contributed by atoms with Crippen molar-refractivity contribution in [2.45, 2.75) is 32.2 Å². The Hall–Kier alpha value is -1.10. The summed E-state index contributed by atoms with van der Waals surface area (Å²) >= 11 is 0. The van der Waals surface area contributed by atoms with Crippen LogP contribution in [-0.2, 0) is 14.3 Å². The molecule has 0 aromatic rings. The molecular weight excluding hydrogens is 198 g/mol. The molecule has 5 nitrogen and oxygen atoms in total. The number of carbonyl (C=O) groups is 2. The molecule has 0 spiro atoms. The van der Waals surface area contributed by atoms with Gasteiger partial charge in [0.25, 0.3) is 0 Å². The topological polar surface area (TPSA) is 66.8 Å². The van der Waals surface area contributed by atoms with E-state index in [-0.39, 0.29) is 24.8 Å². The van der Waals surface area contributed by atoms with Crippen LogP contribution in [0.15, 0.2) is 0 Å². The average Bonchev–Trinajstić information content (AvgIpc) is 2.25. The van der Waals surface area contributed by atoms with Crippen molar-refractivity contribution < 1.29 is 19.4 Å². The van der Waals surface area contributed by atoms with Crippen LogP contribution in [0.5, 0.6) is 0 Å². The summed E-state index contributed by atoms with van der Waals surface area (Å²) in [5.41, 5.74) is 0. The molecule has 1 unspecified atom stereocenters. The van der Waals surface area contributed by atoms with Gasteiger partial charge in [-0.25, -0.2) is 0 Å². The summed E-state index contributed by atoms with van der Waals surface area (Å²) in [6, 6.07) is 0.111. The lowest BCUT2D eigenvalue weighted by molar-refractivity contribution is -0.144. The Morgan fingerprint density at radius 3 is 2.80 bits per heavy atom. The Labute approximate surface area is 89.0 Å². The van der Waals surface area contributed by atoms with Gasteiger partial charge in [0.05, 0.1) is 25.7 Å². The Balaban J connectivity index is 2.44. The third-order valence-corrected chi connectivity index (χ3v) is 2.57. The maximum absolute atomic E-state index is 11.7. The van der Waals surface area contributed by atoms with Crippen LogP contribution in [0.1, 0.15) is 26.2 Å². The van der Waals surface area contributed by atoms with Gasteiger partial charge in [0.2, 0.25) is 5.91 Å². The molecule has 0 bridgehead atoms. The molecule has 1 fully saturated rings. The van der Waals surface area contributed by atoms with Crippen LogP contribution in [0.25, 0.3) is 0 Å². The van der Waals surface area contributed by atoms with Crippen molar-refractivity contribution in [2.24, 2.45) is 0 Å². The minimum absolute atomic E-state index is 0.0763. The van der Waals surface area contributed by atoms with Gasteiger partial charge in [0.1, 0.15) is 0 Å². The van der Waals surface area contributed by atoms with Crippen molar-refractivity contribution in [1.82, 2.24) is 4.90 Å². The summed E-state index contributed by atoms with van der Waals surface area (Å²) in [5, 5.41) is 8.49. The lowest BCUT2D eigenvalue weighted by Crippen LogP contribution is -2.48. The molecule has 1 heterocycles. The van der Waals surface area contributed by atoms with Gasteiger partial charge in [-0.2, -0.15) is 0 Å². The number of nitrogens with zero attached hydrogens (tertiary/aromatic N) is 1. The van der Waals surface area contributed by atoms with Crippen molar-refractivity contribution in [3.05, 3.63) is 0 Å². The SMILES string of the molecule is CCC1COCCN1C(=O)CCC(=O)O. The van der Waals surface area contributed by atoms with E-state index in [1.54, 1.807) is 4.90 Å². The number of carboxylic acids is 1. The number of aliphatic carboxylic acids is 1. The van der Waals surface area contributed by atoms with Crippen molar-refractivity contribution in [3.63, 3.8) is 0 Å². The first kappa shape index (κ1) is 12.0. The summed E-state index contributed by atoms with van der Waals surface area (Å²) < 4.78 is 5.27. The van der Waals surface area contributed by atoms with Crippen LogP contribution in [0.3, 0.4) is 0 Å². The Bertz CT molecular complexity index is 242. The molecule has 1 amide bonds. The van der Waals surface area contributed by atoms with E-state index in [1.165, 1.54) is 0 Å². The first-order valence-electron chi connectivity index (χ1n) is 5.24. The first-order chi connectivity index (χ1) is 7.15. The van der Waals surface area contributed by atoms with Gasteiger partial charge in [0.15, 0.2) is 0 Å². The van der Waals surface area contributed by atoms with Crippen molar-refractivity contribution in [2.75, 3.05) is 19.8 Å². The maximum atomic E-state index is 11.7. The highest BCUT2D eigenvalue weighted by Crippen LogP contribution is 2.12. The highest BCUT2D eigenvalue weighted by Gasteiger charge is 2.25. The van der Waals surface area contributed by atoms with Crippen LogP contribution in [0.2, 0.25) is 0 Å². The molecule has 86 valence electrons. The van der Waals surface area contributed by atoms with Gasteiger partial charge < -0.3 is 14.7 Å². The molecule has 0 radical (unpaired) electrons. The fraction of sp³-hybridized carbons (Fsp3) is 0.800. The Kier molecular flexibility index (Phi) is 4.55. The second kappa shape index (κ2) is 5.70. The van der Waals surface area contributed by atoms with Gasteiger partial charge in [-0.3, -0.25) is 9.59 Å². The molecule has 0 aromatic carbocycles. The number of amides is 1. The zero-order valence-corrected chi connectivity index (χ0v) is 8.94. The van der Waals surface area contributed by atoms with E-state index in [2.05, 4.69) is 0 Å². The molecule has 1 aliphatic heterocycles. The monoisotopic (exact) mass is 215 g/mol. The van der Waals surface area contributed by atoms with E-state index in [0.29, 0.717) is 19.8 Å². The third-order valence-electron chi connectivity index (χ3n) is 2.57.